The van der Waals surface area contributed by atoms with Crippen LogP contribution in [0.15, 0.2) is 48.5 Å². The summed E-state index contributed by atoms with van der Waals surface area (Å²) >= 11 is 6.04. The lowest BCUT2D eigenvalue weighted by Gasteiger charge is -2.34. The van der Waals surface area contributed by atoms with Crippen LogP contribution in [0.25, 0.3) is 0 Å². The molecular weight excluding hydrogens is 374 g/mol. The lowest BCUT2D eigenvalue weighted by molar-refractivity contribution is -0.132. The predicted octanol–water partition coefficient (Wildman–Crippen LogP) is 3.11. The fourth-order valence-electron chi connectivity index (χ4n) is 3.38. The second-order valence-electron chi connectivity index (χ2n) is 7.16. The van der Waals surface area contributed by atoms with Gasteiger partial charge in [0.15, 0.2) is 0 Å². The summed E-state index contributed by atoms with van der Waals surface area (Å²) in [4.78, 5) is 28.8. The highest BCUT2D eigenvalue weighted by atomic mass is 35.5. The lowest BCUT2D eigenvalue weighted by Crippen LogP contribution is -2.48. The third kappa shape index (κ3) is 5.81. The molecule has 0 atom stereocenters. The summed E-state index contributed by atoms with van der Waals surface area (Å²) in [5.41, 5.74) is 2.85. The number of carbonyl (C=O) groups is 2. The zero-order valence-corrected chi connectivity index (χ0v) is 16.9. The lowest BCUT2D eigenvalue weighted by atomic mass is 10.1. The number of nitrogens with zero attached hydrogens (tertiary/aromatic N) is 2. The zero-order valence-electron chi connectivity index (χ0n) is 16.2. The van der Waals surface area contributed by atoms with E-state index in [1.807, 2.05) is 48.2 Å². The highest BCUT2D eigenvalue weighted by molar-refractivity contribution is 6.30. The van der Waals surface area contributed by atoms with Crippen molar-refractivity contribution in [2.45, 2.75) is 19.9 Å². The van der Waals surface area contributed by atoms with Gasteiger partial charge in [-0.25, -0.2) is 0 Å². The molecule has 28 heavy (non-hydrogen) atoms. The maximum atomic E-state index is 12.4. The van der Waals surface area contributed by atoms with E-state index in [1.54, 1.807) is 6.07 Å². The molecule has 0 bridgehead atoms. The number of rotatable bonds is 6. The van der Waals surface area contributed by atoms with E-state index < -0.39 is 0 Å². The highest BCUT2D eigenvalue weighted by Gasteiger charge is 2.21. The molecule has 1 aliphatic heterocycles. The SMILES string of the molecule is Cc1cccc(C(=O)NCCC(=O)N2CCN(Cc3cccc(Cl)c3)CC2)c1. The molecule has 0 unspecified atom stereocenters. The molecule has 0 saturated carbocycles. The van der Waals surface area contributed by atoms with Gasteiger partial charge in [-0.3, -0.25) is 14.5 Å². The Hall–Kier alpha value is -2.37. The summed E-state index contributed by atoms with van der Waals surface area (Å²) in [7, 11) is 0. The number of nitrogens with one attached hydrogen (secondary N) is 1. The summed E-state index contributed by atoms with van der Waals surface area (Å²) in [6.07, 6.45) is 0.325. The van der Waals surface area contributed by atoms with Gasteiger partial charge >= 0.3 is 0 Å². The number of carbonyl (C=O) groups excluding carboxylic acids is 2. The Labute approximate surface area is 171 Å². The normalized spacial score (nSPS) is 14.7. The van der Waals surface area contributed by atoms with E-state index in [0.717, 1.165) is 30.2 Å². The van der Waals surface area contributed by atoms with Crippen molar-refractivity contribution in [3.8, 4) is 0 Å². The van der Waals surface area contributed by atoms with Crippen molar-refractivity contribution in [3.05, 3.63) is 70.2 Å². The van der Waals surface area contributed by atoms with E-state index in [9.17, 15) is 9.59 Å². The van der Waals surface area contributed by atoms with E-state index in [1.165, 1.54) is 5.56 Å². The Bertz CT molecular complexity index is 832. The third-order valence-electron chi connectivity index (χ3n) is 4.92. The van der Waals surface area contributed by atoms with Gasteiger partial charge in [0.25, 0.3) is 5.91 Å². The third-order valence-corrected chi connectivity index (χ3v) is 5.16. The van der Waals surface area contributed by atoms with Crippen LogP contribution in [0.3, 0.4) is 0 Å². The average Bonchev–Trinajstić information content (AvgIpc) is 2.68. The van der Waals surface area contributed by atoms with E-state index in [2.05, 4.69) is 16.3 Å². The number of benzene rings is 2. The minimum Gasteiger partial charge on any atom is -0.352 e. The first kappa shape index (κ1) is 20.4. The summed E-state index contributed by atoms with van der Waals surface area (Å²) in [5, 5.41) is 3.58. The van der Waals surface area contributed by atoms with Gasteiger partial charge in [0.05, 0.1) is 0 Å². The first-order valence-electron chi connectivity index (χ1n) is 9.61. The van der Waals surface area contributed by atoms with E-state index in [-0.39, 0.29) is 11.8 Å². The number of hydrogen-bond acceptors (Lipinski definition) is 3. The molecule has 0 radical (unpaired) electrons. The van der Waals surface area contributed by atoms with Crippen LogP contribution in [-0.4, -0.2) is 54.3 Å². The van der Waals surface area contributed by atoms with Crippen LogP contribution < -0.4 is 5.32 Å². The molecule has 2 amide bonds. The smallest absolute Gasteiger partial charge is 0.251 e. The molecule has 5 nitrogen and oxygen atoms in total. The molecular formula is C22H26ClN3O2. The molecule has 0 aliphatic carbocycles. The number of halogens is 1. The van der Waals surface area contributed by atoms with Crippen molar-refractivity contribution in [2.75, 3.05) is 32.7 Å². The molecule has 148 valence electrons. The van der Waals surface area contributed by atoms with Crippen molar-refractivity contribution in [2.24, 2.45) is 0 Å². The van der Waals surface area contributed by atoms with Crippen molar-refractivity contribution < 1.29 is 9.59 Å². The van der Waals surface area contributed by atoms with Gasteiger partial charge in [-0.05, 0) is 36.8 Å². The Morgan fingerprint density at radius 2 is 1.79 bits per heavy atom. The number of amides is 2. The number of aryl methyl sites for hydroxylation is 1. The van der Waals surface area contributed by atoms with E-state index >= 15 is 0 Å². The summed E-state index contributed by atoms with van der Waals surface area (Å²) in [5.74, 6) is -0.0465. The second-order valence-corrected chi connectivity index (χ2v) is 7.60. The molecule has 1 aliphatic rings. The minimum atomic E-state index is -0.136. The van der Waals surface area contributed by atoms with Gasteiger partial charge in [0, 0.05) is 56.3 Å². The maximum absolute atomic E-state index is 12.4. The van der Waals surface area contributed by atoms with Gasteiger partial charge in [-0.2, -0.15) is 0 Å². The van der Waals surface area contributed by atoms with Crippen LogP contribution in [0.5, 0.6) is 0 Å². The molecule has 6 heteroatoms. The molecule has 3 rings (SSSR count). The van der Waals surface area contributed by atoms with Crippen molar-refractivity contribution in [1.29, 1.82) is 0 Å². The van der Waals surface area contributed by atoms with Crippen LogP contribution in [-0.2, 0) is 11.3 Å². The van der Waals surface area contributed by atoms with Crippen molar-refractivity contribution in [3.63, 3.8) is 0 Å². The summed E-state index contributed by atoms with van der Waals surface area (Å²) < 4.78 is 0. The largest absolute Gasteiger partial charge is 0.352 e. The Balaban J connectivity index is 1.38. The zero-order chi connectivity index (χ0) is 19.9. The second kappa shape index (κ2) is 9.71. The van der Waals surface area contributed by atoms with Gasteiger partial charge in [0.1, 0.15) is 0 Å². The van der Waals surface area contributed by atoms with Gasteiger partial charge in [-0.1, -0.05) is 41.4 Å². The first-order valence-corrected chi connectivity index (χ1v) is 9.98. The number of hydrogen-bond donors (Lipinski definition) is 1. The minimum absolute atomic E-state index is 0.0898. The predicted molar refractivity (Wildman–Crippen MR) is 111 cm³/mol. The maximum Gasteiger partial charge on any atom is 0.251 e. The quantitative estimate of drug-likeness (QED) is 0.812. The Morgan fingerprint density at radius 3 is 2.50 bits per heavy atom. The van der Waals surface area contributed by atoms with Crippen LogP contribution >= 0.6 is 11.6 Å². The molecule has 1 fully saturated rings. The molecule has 2 aromatic rings. The molecule has 0 spiro atoms. The monoisotopic (exact) mass is 399 g/mol. The topological polar surface area (TPSA) is 52.7 Å². The Kier molecular flexibility index (Phi) is 7.06. The van der Waals surface area contributed by atoms with E-state index in [0.29, 0.717) is 31.6 Å². The fraction of sp³-hybridized carbons (Fsp3) is 0.364. The van der Waals surface area contributed by atoms with Crippen LogP contribution in [0.1, 0.15) is 27.9 Å². The van der Waals surface area contributed by atoms with Crippen LogP contribution in [0, 0.1) is 6.92 Å². The molecule has 1 saturated heterocycles. The van der Waals surface area contributed by atoms with Gasteiger partial charge < -0.3 is 10.2 Å². The highest BCUT2D eigenvalue weighted by Crippen LogP contribution is 2.14. The molecule has 1 heterocycles. The molecule has 1 N–H and O–H groups in total. The van der Waals surface area contributed by atoms with Crippen LogP contribution in [0.4, 0.5) is 0 Å². The first-order chi connectivity index (χ1) is 13.5. The molecule has 2 aromatic carbocycles. The summed E-state index contributed by atoms with van der Waals surface area (Å²) in [6, 6.07) is 15.3. The molecule has 0 aromatic heterocycles. The van der Waals surface area contributed by atoms with Gasteiger partial charge in [0.2, 0.25) is 5.91 Å². The van der Waals surface area contributed by atoms with E-state index in [4.69, 9.17) is 11.6 Å². The van der Waals surface area contributed by atoms with Gasteiger partial charge in [-0.15, -0.1) is 0 Å². The van der Waals surface area contributed by atoms with Crippen molar-refractivity contribution in [1.82, 2.24) is 15.1 Å². The summed E-state index contributed by atoms with van der Waals surface area (Å²) in [6.45, 7) is 6.26. The fourth-order valence-corrected chi connectivity index (χ4v) is 3.59. The average molecular weight is 400 g/mol. The Morgan fingerprint density at radius 1 is 1.04 bits per heavy atom. The number of piperazine rings is 1. The van der Waals surface area contributed by atoms with Crippen LogP contribution in [0.2, 0.25) is 5.02 Å². The standard InChI is InChI=1S/C22H26ClN3O2/c1-17-4-2-6-19(14-17)22(28)24-9-8-21(27)26-12-10-25(11-13-26)16-18-5-3-7-20(23)15-18/h2-7,14-15H,8-13,16H2,1H3,(H,24,28). The van der Waals surface area contributed by atoms with Crippen molar-refractivity contribution >= 4 is 23.4 Å².